The second-order valence-electron chi connectivity index (χ2n) is 10.1. The van der Waals surface area contributed by atoms with Crippen molar-refractivity contribution in [1.29, 1.82) is 0 Å². The molecule has 1 saturated heterocycles. The molecule has 0 N–H and O–H groups in total. The zero-order valence-electron chi connectivity index (χ0n) is 22.4. The van der Waals surface area contributed by atoms with Crippen LogP contribution in [0.2, 0.25) is 5.02 Å². The molecule has 1 aliphatic heterocycles. The fourth-order valence-electron chi connectivity index (χ4n) is 3.78. The highest BCUT2D eigenvalue weighted by atomic mass is 35.5. The van der Waals surface area contributed by atoms with Crippen LogP contribution in [0.5, 0.6) is 11.6 Å². The SMILES string of the molecule is CC(C)(C)OC(=O)N1CCN(c2ncc(Oc3cc(COS(C)(=O)=O)cc(-c4cc(F)cc(Cl)c4)n3)cn2)CC1. The van der Waals surface area contributed by atoms with Crippen LogP contribution >= 0.6 is 11.6 Å². The molecule has 2 aromatic heterocycles. The predicted molar refractivity (Wildman–Crippen MR) is 146 cm³/mol. The van der Waals surface area contributed by atoms with Gasteiger partial charge in [-0.05, 0) is 50.6 Å². The molecule has 3 aromatic rings. The van der Waals surface area contributed by atoms with E-state index in [-0.39, 0.29) is 29.4 Å². The molecule has 0 aliphatic carbocycles. The minimum atomic E-state index is -3.71. The minimum Gasteiger partial charge on any atom is -0.444 e. The zero-order chi connectivity index (χ0) is 29.1. The lowest BCUT2D eigenvalue weighted by Crippen LogP contribution is -2.50. The van der Waals surface area contributed by atoms with Crippen LogP contribution in [-0.2, 0) is 25.6 Å². The molecule has 0 spiro atoms. The summed E-state index contributed by atoms with van der Waals surface area (Å²) in [4.78, 5) is 29.1. The predicted octanol–water partition coefficient (Wildman–Crippen LogP) is 4.66. The van der Waals surface area contributed by atoms with Crippen LogP contribution in [0.3, 0.4) is 0 Å². The first kappa shape index (κ1) is 29.4. The van der Waals surface area contributed by atoms with Crippen molar-refractivity contribution in [2.45, 2.75) is 33.0 Å². The van der Waals surface area contributed by atoms with Gasteiger partial charge >= 0.3 is 6.09 Å². The Labute approximate surface area is 237 Å². The fourth-order valence-corrected chi connectivity index (χ4v) is 4.35. The van der Waals surface area contributed by atoms with Crippen molar-refractivity contribution < 1.29 is 31.3 Å². The number of anilines is 1. The topological polar surface area (TPSA) is 124 Å². The number of rotatable bonds is 7. The van der Waals surface area contributed by atoms with Gasteiger partial charge in [0.05, 0.1) is 31.0 Å². The number of aromatic nitrogens is 3. The molecule has 0 unspecified atom stereocenters. The summed E-state index contributed by atoms with van der Waals surface area (Å²) in [6.45, 7) is 7.19. The number of hydrogen-bond acceptors (Lipinski definition) is 10. The van der Waals surface area contributed by atoms with Crippen LogP contribution in [-0.4, -0.2) is 72.4 Å². The highest BCUT2D eigenvalue weighted by Crippen LogP contribution is 2.29. The summed E-state index contributed by atoms with van der Waals surface area (Å²) >= 11 is 6.01. The Morgan fingerprint density at radius 2 is 1.73 bits per heavy atom. The second kappa shape index (κ2) is 11.9. The molecule has 3 heterocycles. The Bertz CT molecular complexity index is 1460. The maximum Gasteiger partial charge on any atom is 0.410 e. The van der Waals surface area contributed by atoms with E-state index in [2.05, 4.69) is 15.0 Å². The molecule has 0 bridgehead atoms. The van der Waals surface area contributed by atoms with Crippen LogP contribution in [0.25, 0.3) is 11.3 Å². The number of amides is 1. The number of carbonyl (C=O) groups is 1. The summed E-state index contributed by atoms with van der Waals surface area (Å²) < 4.78 is 53.2. The van der Waals surface area contributed by atoms with Crippen molar-refractivity contribution in [2.24, 2.45) is 0 Å². The van der Waals surface area contributed by atoms with Crippen molar-refractivity contribution in [1.82, 2.24) is 19.9 Å². The Balaban J connectivity index is 1.48. The summed E-state index contributed by atoms with van der Waals surface area (Å²) in [5.74, 6) is 0.273. The summed E-state index contributed by atoms with van der Waals surface area (Å²) in [5.41, 5.74) is 0.527. The van der Waals surface area contributed by atoms with Gasteiger partial charge in [-0.15, -0.1) is 0 Å². The molecule has 14 heteroatoms. The molecule has 1 amide bonds. The van der Waals surface area contributed by atoms with Gasteiger partial charge in [0.25, 0.3) is 10.1 Å². The van der Waals surface area contributed by atoms with Crippen LogP contribution < -0.4 is 9.64 Å². The van der Waals surface area contributed by atoms with Gasteiger partial charge in [0.15, 0.2) is 5.75 Å². The lowest BCUT2D eigenvalue weighted by Gasteiger charge is -2.35. The van der Waals surface area contributed by atoms with E-state index in [9.17, 15) is 17.6 Å². The lowest BCUT2D eigenvalue weighted by atomic mass is 10.1. The van der Waals surface area contributed by atoms with Crippen molar-refractivity contribution >= 4 is 33.8 Å². The van der Waals surface area contributed by atoms with E-state index in [0.717, 1.165) is 12.3 Å². The summed E-state index contributed by atoms with van der Waals surface area (Å²) in [6, 6.07) is 6.99. The monoisotopic (exact) mass is 593 g/mol. The molecular formula is C26H29ClFN5O6S. The number of piperazine rings is 1. The molecule has 0 radical (unpaired) electrons. The first-order valence-electron chi connectivity index (χ1n) is 12.3. The molecule has 214 valence electrons. The van der Waals surface area contributed by atoms with Crippen molar-refractivity contribution in [3.05, 3.63) is 59.1 Å². The van der Waals surface area contributed by atoms with Crippen LogP contribution in [0.15, 0.2) is 42.7 Å². The maximum absolute atomic E-state index is 14.0. The van der Waals surface area contributed by atoms with Gasteiger partial charge in [0.1, 0.15) is 11.4 Å². The lowest BCUT2D eigenvalue weighted by molar-refractivity contribution is 0.0240. The van der Waals surface area contributed by atoms with Gasteiger partial charge in [0, 0.05) is 42.8 Å². The third kappa shape index (κ3) is 8.47. The van der Waals surface area contributed by atoms with Gasteiger partial charge in [-0.1, -0.05) is 11.6 Å². The van der Waals surface area contributed by atoms with Gasteiger partial charge in [-0.2, -0.15) is 8.42 Å². The van der Waals surface area contributed by atoms with Gasteiger partial charge in [-0.25, -0.2) is 24.1 Å². The first-order chi connectivity index (χ1) is 18.7. The first-order valence-corrected chi connectivity index (χ1v) is 14.5. The van der Waals surface area contributed by atoms with E-state index < -0.39 is 21.5 Å². The van der Waals surface area contributed by atoms with Crippen LogP contribution in [0.4, 0.5) is 15.1 Å². The number of pyridine rings is 1. The van der Waals surface area contributed by atoms with E-state index in [1.165, 1.54) is 30.6 Å². The van der Waals surface area contributed by atoms with E-state index in [4.69, 9.17) is 25.3 Å². The van der Waals surface area contributed by atoms with Gasteiger partial charge in [-0.3, -0.25) is 4.18 Å². The number of ether oxygens (including phenoxy) is 2. The standard InChI is InChI=1S/C26H29ClFN5O6S/c1-26(2,3)39-25(34)33-7-5-32(6-8-33)24-29-14-21(15-30-24)38-23-10-17(16-37-40(4,35)36)9-22(31-23)18-11-19(27)13-20(28)12-18/h9-15H,5-8,16H2,1-4H3. The van der Waals surface area contributed by atoms with Crippen LogP contribution in [0.1, 0.15) is 26.3 Å². The Morgan fingerprint density at radius 3 is 2.33 bits per heavy atom. The average molecular weight is 594 g/mol. The number of halogens is 2. The molecule has 40 heavy (non-hydrogen) atoms. The maximum atomic E-state index is 14.0. The van der Waals surface area contributed by atoms with Crippen molar-refractivity contribution in [3.63, 3.8) is 0 Å². The van der Waals surface area contributed by atoms with E-state index >= 15 is 0 Å². The number of carbonyl (C=O) groups excluding carboxylic acids is 1. The molecule has 1 aliphatic rings. The average Bonchev–Trinajstić information content (AvgIpc) is 2.86. The van der Waals surface area contributed by atoms with Gasteiger partial charge < -0.3 is 19.3 Å². The third-order valence-corrected chi connectivity index (χ3v) is 6.27. The quantitative estimate of drug-likeness (QED) is 0.357. The molecular weight excluding hydrogens is 565 g/mol. The van der Waals surface area contributed by atoms with Crippen molar-refractivity contribution in [3.8, 4) is 22.9 Å². The fraction of sp³-hybridized carbons (Fsp3) is 0.385. The Morgan fingerprint density at radius 1 is 1.05 bits per heavy atom. The largest absolute Gasteiger partial charge is 0.444 e. The van der Waals surface area contributed by atoms with Crippen LogP contribution in [0, 0.1) is 5.82 Å². The van der Waals surface area contributed by atoms with E-state index in [0.29, 0.717) is 48.9 Å². The van der Waals surface area contributed by atoms with E-state index in [1.54, 1.807) is 11.0 Å². The molecule has 11 nitrogen and oxygen atoms in total. The summed E-state index contributed by atoms with van der Waals surface area (Å²) in [7, 11) is -3.71. The molecule has 1 fully saturated rings. The number of nitrogens with zero attached hydrogens (tertiary/aromatic N) is 5. The Kier molecular flexibility index (Phi) is 8.76. The Hall–Kier alpha value is -3.55. The number of benzene rings is 1. The molecule has 1 aromatic carbocycles. The molecule has 0 atom stereocenters. The smallest absolute Gasteiger partial charge is 0.410 e. The molecule has 4 rings (SSSR count). The number of hydrogen-bond donors (Lipinski definition) is 0. The summed E-state index contributed by atoms with van der Waals surface area (Å²) in [5, 5.41) is 0.174. The zero-order valence-corrected chi connectivity index (χ0v) is 24.0. The highest BCUT2D eigenvalue weighted by molar-refractivity contribution is 7.85. The van der Waals surface area contributed by atoms with Crippen molar-refractivity contribution in [2.75, 3.05) is 37.3 Å². The summed E-state index contributed by atoms with van der Waals surface area (Å²) in [6.07, 6.45) is 3.54. The second-order valence-corrected chi connectivity index (χ2v) is 12.2. The highest BCUT2D eigenvalue weighted by Gasteiger charge is 2.26. The third-order valence-electron chi connectivity index (χ3n) is 5.51. The molecule has 0 saturated carbocycles. The minimum absolute atomic E-state index is 0.0901. The normalized spacial score (nSPS) is 14.2. The van der Waals surface area contributed by atoms with Gasteiger partial charge in [0.2, 0.25) is 11.8 Å². The van der Waals surface area contributed by atoms with E-state index in [1.807, 2.05) is 25.7 Å².